The topological polar surface area (TPSA) is 30.7 Å². The van der Waals surface area contributed by atoms with E-state index in [4.69, 9.17) is 9.97 Å². The summed E-state index contributed by atoms with van der Waals surface area (Å²) in [7, 11) is 0. The third kappa shape index (κ3) is 2.44. The highest BCUT2D eigenvalue weighted by molar-refractivity contribution is 6.09. The Morgan fingerprint density at radius 2 is 1.03 bits per heavy atom. The normalized spacial score (nSPS) is 11.4. The molecule has 4 aromatic carbocycles. The highest BCUT2D eigenvalue weighted by atomic mass is 15.2. The van der Waals surface area contributed by atoms with E-state index >= 15 is 0 Å². The van der Waals surface area contributed by atoms with Crippen LogP contribution in [0.1, 0.15) is 0 Å². The molecule has 0 unspecified atom stereocenters. The Morgan fingerprint density at radius 3 is 1.72 bits per heavy atom. The van der Waals surface area contributed by atoms with Crippen molar-refractivity contribution in [3.05, 3.63) is 103 Å². The predicted octanol–water partition coefficient (Wildman–Crippen LogP) is 6.39. The van der Waals surface area contributed by atoms with Gasteiger partial charge in [0.25, 0.3) is 0 Å². The summed E-state index contributed by atoms with van der Waals surface area (Å²) in [4.78, 5) is 10.0. The highest BCUT2D eigenvalue weighted by Gasteiger charge is 2.16. The first-order chi connectivity index (χ1) is 14.4. The van der Waals surface area contributed by atoms with Gasteiger partial charge in [0.15, 0.2) is 0 Å². The molecule has 3 heteroatoms. The van der Waals surface area contributed by atoms with Crippen LogP contribution in [0.15, 0.2) is 103 Å². The van der Waals surface area contributed by atoms with Gasteiger partial charge in [0.1, 0.15) is 0 Å². The van der Waals surface area contributed by atoms with Crippen molar-refractivity contribution in [2.24, 2.45) is 0 Å². The van der Waals surface area contributed by atoms with Gasteiger partial charge in [-0.2, -0.15) is 0 Å². The second kappa shape index (κ2) is 6.28. The van der Waals surface area contributed by atoms with Gasteiger partial charge in [-0.3, -0.25) is 4.57 Å². The fourth-order valence-electron chi connectivity index (χ4n) is 4.12. The summed E-state index contributed by atoms with van der Waals surface area (Å²) in [5, 5.41) is 3.48. The Balaban J connectivity index is 1.75. The van der Waals surface area contributed by atoms with Gasteiger partial charge >= 0.3 is 0 Å². The molecule has 2 aromatic heterocycles. The van der Waals surface area contributed by atoms with Crippen molar-refractivity contribution < 1.29 is 0 Å². The van der Waals surface area contributed by atoms with Gasteiger partial charge in [0.05, 0.1) is 22.2 Å². The molecule has 0 bridgehead atoms. The fourth-order valence-corrected chi connectivity index (χ4v) is 4.12. The number of para-hydroxylation sites is 3. The monoisotopic (exact) mass is 371 g/mol. The van der Waals surface area contributed by atoms with Crippen LogP contribution < -0.4 is 0 Å². The number of aromatic nitrogens is 3. The Labute approximate surface area is 167 Å². The summed E-state index contributed by atoms with van der Waals surface area (Å²) in [6.45, 7) is 0. The van der Waals surface area contributed by atoms with Crippen LogP contribution in [0.3, 0.4) is 0 Å². The second-order valence-electron chi connectivity index (χ2n) is 7.13. The van der Waals surface area contributed by atoms with Crippen LogP contribution in [0.2, 0.25) is 0 Å². The quantitative estimate of drug-likeness (QED) is 0.353. The fraction of sp³-hybridized carbons (Fsp3) is 0. The number of nitrogens with zero attached hydrogens (tertiary/aromatic N) is 3. The van der Waals surface area contributed by atoms with Crippen LogP contribution in [-0.4, -0.2) is 14.5 Å². The van der Waals surface area contributed by atoms with Gasteiger partial charge in [-0.15, -0.1) is 0 Å². The van der Waals surface area contributed by atoms with E-state index < -0.39 is 0 Å². The molecule has 2 heterocycles. The summed E-state index contributed by atoms with van der Waals surface area (Å²) in [5.41, 5.74) is 5.21. The van der Waals surface area contributed by atoms with Crippen molar-refractivity contribution in [2.75, 3.05) is 0 Å². The SMILES string of the molecule is c1ccc(-c2nc(-n3c4ccccc4c4ccccc43)nc3ccccc23)cc1. The zero-order chi connectivity index (χ0) is 19.2. The molecule has 6 aromatic rings. The lowest BCUT2D eigenvalue weighted by Gasteiger charge is -2.11. The van der Waals surface area contributed by atoms with Crippen LogP contribution in [0.25, 0.3) is 49.9 Å². The van der Waals surface area contributed by atoms with Crippen LogP contribution in [0.4, 0.5) is 0 Å². The predicted molar refractivity (Wildman–Crippen MR) is 119 cm³/mol. The maximum Gasteiger partial charge on any atom is 0.235 e. The molecule has 0 amide bonds. The third-order valence-electron chi connectivity index (χ3n) is 5.42. The maximum atomic E-state index is 5.07. The summed E-state index contributed by atoms with van der Waals surface area (Å²) < 4.78 is 2.17. The first-order valence-electron chi connectivity index (χ1n) is 9.71. The van der Waals surface area contributed by atoms with Gasteiger partial charge in [0, 0.05) is 21.7 Å². The lowest BCUT2D eigenvalue weighted by molar-refractivity contribution is 1.01. The van der Waals surface area contributed by atoms with Gasteiger partial charge < -0.3 is 0 Å². The molecule has 0 N–H and O–H groups in total. The number of benzene rings is 4. The highest BCUT2D eigenvalue weighted by Crippen LogP contribution is 2.33. The Bertz CT molecular complexity index is 1440. The minimum atomic E-state index is 0.694. The average molecular weight is 371 g/mol. The summed E-state index contributed by atoms with van der Waals surface area (Å²) in [6.07, 6.45) is 0. The van der Waals surface area contributed by atoms with Crippen LogP contribution in [0.5, 0.6) is 0 Å². The summed E-state index contributed by atoms with van der Waals surface area (Å²) in [6, 6.07) is 35.4. The van der Waals surface area contributed by atoms with Crippen molar-refractivity contribution in [3.8, 4) is 17.2 Å². The number of hydrogen-bond donors (Lipinski definition) is 0. The molecular weight excluding hydrogens is 354 g/mol. The van der Waals surface area contributed by atoms with E-state index in [1.165, 1.54) is 10.8 Å². The van der Waals surface area contributed by atoms with Crippen molar-refractivity contribution in [1.82, 2.24) is 14.5 Å². The minimum Gasteiger partial charge on any atom is -0.278 e. The van der Waals surface area contributed by atoms with Crippen molar-refractivity contribution in [2.45, 2.75) is 0 Å². The van der Waals surface area contributed by atoms with E-state index in [0.29, 0.717) is 5.95 Å². The van der Waals surface area contributed by atoms with Gasteiger partial charge in [-0.05, 0) is 18.2 Å². The van der Waals surface area contributed by atoms with Crippen molar-refractivity contribution >= 4 is 32.7 Å². The first-order valence-corrected chi connectivity index (χ1v) is 9.71. The first kappa shape index (κ1) is 16.0. The zero-order valence-corrected chi connectivity index (χ0v) is 15.7. The molecule has 29 heavy (non-hydrogen) atoms. The third-order valence-corrected chi connectivity index (χ3v) is 5.42. The van der Waals surface area contributed by atoms with E-state index in [-0.39, 0.29) is 0 Å². The van der Waals surface area contributed by atoms with Crippen molar-refractivity contribution in [3.63, 3.8) is 0 Å². The van der Waals surface area contributed by atoms with Crippen molar-refractivity contribution in [1.29, 1.82) is 0 Å². The molecule has 0 saturated heterocycles. The molecule has 3 nitrogen and oxygen atoms in total. The van der Waals surface area contributed by atoms with E-state index in [2.05, 4.69) is 77.4 Å². The smallest absolute Gasteiger partial charge is 0.235 e. The lowest BCUT2D eigenvalue weighted by atomic mass is 10.1. The van der Waals surface area contributed by atoms with E-state index in [0.717, 1.165) is 33.2 Å². The molecule has 0 radical (unpaired) electrons. The Kier molecular flexibility index (Phi) is 3.47. The van der Waals surface area contributed by atoms with E-state index in [1.807, 2.05) is 30.3 Å². The van der Waals surface area contributed by atoms with Crippen LogP contribution in [0, 0.1) is 0 Å². The zero-order valence-electron chi connectivity index (χ0n) is 15.7. The summed E-state index contributed by atoms with van der Waals surface area (Å²) in [5.74, 6) is 0.694. The van der Waals surface area contributed by atoms with E-state index in [1.54, 1.807) is 0 Å². The number of rotatable bonds is 2. The Hall–Kier alpha value is -3.98. The average Bonchev–Trinajstić information content (AvgIpc) is 3.13. The van der Waals surface area contributed by atoms with Gasteiger partial charge in [0.2, 0.25) is 5.95 Å². The van der Waals surface area contributed by atoms with Crippen LogP contribution in [-0.2, 0) is 0 Å². The van der Waals surface area contributed by atoms with Crippen LogP contribution >= 0.6 is 0 Å². The molecular formula is C26H17N3. The maximum absolute atomic E-state index is 5.07. The molecule has 0 aliphatic rings. The molecule has 0 aliphatic heterocycles. The molecule has 0 spiro atoms. The molecule has 0 fully saturated rings. The minimum absolute atomic E-state index is 0.694. The van der Waals surface area contributed by atoms with E-state index in [9.17, 15) is 0 Å². The van der Waals surface area contributed by atoms with Gasteiger partial charge in [-0.25, -0.2) is 9.97 Å². The largest absolute Gasteiger partial charge is 0.278 e. The molecule has 0 saturated carbocycles. The molecule has 136 valence electrons. The number of fused-ring (bicyclic) bond motifs is 4. The lowest BCUT2D eigenvalue weighted by Crippen LogP contribution is -2.03. The number of hydrogen-bond acceptors (Lipinski definition) is 2. The molecule has 0 atom stereocenters. The Morgan fingerprint density at radius 1 is 0.483 bits per heavy atom. The second-order valence-corrected chi connectivity index (χ2v) is 7.13. The molecule has 0 aliphatic carbocycles. The standard InChI is InChI=1S/C26H17N3/c1-2-10-18(11-3-1)25-21-14-4-7-15-22(21)27-26(28-25)29-23-16-8-5-12-19(23)20-13-6-9-17-24(20)29/h1-17H. The molecule has 6 rings (SSSR count). The van der Waals surface area contributed by atoms with Gasteiger partial charge in [-0.1, -0.05) is 84.9 Å². The summed E-state index contributed by atoms with van der Waals surface area (Å²) >= 11 is 0.